The summed E-state index contributed by atoms with van der Waals surface area (Å²) >= 11 is 0. The topological polar surface area (TPSA) is 189 Å². The maximum atomic E-state index is 13.3. The Bertz CT molecular complexity index is 1850. The molecule has 2 aliphatic rings. The third-order valence-electron chi connectivity index (χ3n) is 9.59. The first-order valence-electron chi connectivity index (χ1n) is 17.4. The standard InChI is InChI=1S/C37H44N8O6/c1-4-7-31(51-36(38)48)35(47)45-19-6-9-30(45)33-40-21-28(43-33)26-16-12-24(13-17-26)23-10-14-25(15-11-23)27-20-39-32(42-27)29-8-5-18-44(29)34(46)22(2)41-37(49)50-3/h10-17,20-22,29-31H,4-9,18-19H2,1-3H3,(H2,38,48)(H,39,42)(H,40,43)(H,41,49)/t22-,29-,30-,31-/m0/s1. The number of carbonyl (C=O) groups is 4. The number of aromatic amines is 2. The second kappa shape index (κ2) is 15.5. The highest BCUT2D eigenvalue weighted by Crippen LogP contribution is 2.35. The molecule has 14 heteroatoms. The molecule has 51 heavy (non-hydrogen) atoms. The number of H-pyrrole nitrogens is 2. The number of amides is 4. The van der Waals surface area contributed by atoms with E-state index in [1.54, 1.807) is 29.1 Å². The van der Waals surface area contributed by atoms with E-state index < -0.39 is 24.3 Å². The fourth-order valence-corrected chi connectivity index (χ4v) is 6.99. The van der Waals surface area contributed by atoms with Gasteiger partial charge in [-0.25, -0.2) is 19.6 Å². The van der Waals surface area contributed by atoms with Gasteiger partial charge in [0.15, 0.2) is 6.10 Å². The predicted molar refractivity (Wildman–Crippen MR) is 189 cm³/mol. The summed E-state index contributed by atoms with van der Waals surface area (Å²) in [6, 6.07) is 15.2. The molecule has 2 aromatic heterocycles. The Morgan fingerprint density at radius 2 is 1.29 bits per heavy atom. The zero-order valence-electron chi connectivity index (χ0n) is 29.1. The number of methoxy groups -OCH3 is 1. The van der Waals surface area contributed by atoms with Crippen molar-refractivity contribution in [1.82, 2.24) is 35.1 Å². The van der Waals surface area contributed by atoms with Gasteiger partial charge in [0.05, 0.1) is 43.0 Å². The molecule has 14 nitrogen and oxygen atoms in total. The SMILES string of the molecule is CCC[C@H](OC(N)=O)C(=O)N1CCC[C@H]1c1ncc(-c2ccc(-c3ccc(-c4cnc([C@@H]5CCCN5C(=O)[C@H](C)NC(=O)OC)[nH]4)cc3)cc2)[nH]1. The van der Waals surface area contributed by atoms with Gasteiger partial charge in [0.25, 0.3) is 5.91 Å². The van der Waals surface area contributed by atoms with Crippen molar-refractivity contribution >= 4 is 24.0 Å². The average Bonchev–Trinajstić information content (AvgIpc) is 3.97. The van der Waals surface area contributed by atoms with Crippen molar-refractivity contribution < 1.29 is 28.7 Å². The van der Waals surface area contributed by atoms with Crippen molar-refractivity contribution in [2.24, 2.45) is 5.73 Å². The smallest absolute Gasteiger partial charge is 0.407 e. The Morgan fingerprint density at radius 1 is 0.824 bits per heavy atom. The summed E-state index contributed by atoms with van der Waals surface area (Å²) in [7, 11) is 1.27. The highest BCUT2D eigenvalue weighted by molar-refractivity contribution is 5.86. The van der Waals surface area contributed by atoms with Crippen LogP contribution in [0.5, 0.6) is 0 Å². The van der Waals surface area contributed by atoms with E-state index in [-0.39, 0.29) is 23.9 Å². The second-order valence-corrected chi connectivity index (χ2v) is 13.0. The van der Waals surface area contributed by atoms with Gasteiger partial charge in [-0.2, -0.15) is 0 Å². The van der Waals surface area contributed by atoms with Crippen LogP contribution in [0.4, 0.5) is 9.59 Å². The van der Waals surface area contributed by atoms with Crippen molar-refractivity contribution in [3.05, 3.63) is 72.6 Å². The first-order valence-corrected chi connectivity index (χ1v) is 17.4. The molecule has 4 heterocycles. The summed E-state index contributed by atoms with van der Waals surface area (Å²) in [6.45, 7) is 4.73. The minimum Gasteiger partial charge on any atom is -0.453 e. The van der Waals surface area contributed by atoms with Crippen LogP contribution in [-0.4, -0.2) is 86.1 Å². The van der Waals surface area contributed by atoms with E-state index >= 15 is 0 Å². The van der Waals surface area contributed by atoms with Gasteiger partial charge in [-0.15, -0.1) is 0 Å². The van der Waals surface area contributed by atoms with E-state index in [4.69, 9.17) is 10.5 Å². The maximum Gasteiger partial charge on any atom is 0.407 e. The molecule has 0 spiro atoms. The zero-order valence-corrected chi connectivity index (χ0v) is 29.1. The summed E-state index contributed by atoms with van der Waals surface area (Å²) in [4.78, 5) is 68.9. The van der Waals surface area contributed by atoms with Crippen molar-refractivity contribution in [2.75, 3.05) is 20.2 Å². The molecule has 2 aliphatic heterocycles. The highest BCUT2D eigenvalue weighted by atomic mass is 16.6. The molecule has 4 amide bonds. The zero-order chi connectivity index (χ0) is 36.1. The van der Waals surface area contributed by atoms with E-state index in [0.717, 1.165) is 59.3 Å². The number of carbonyl (C=O) groups excluding carboxylic acids is 4. The number of imidazole rings is 2. The van der Waals surface area contributed by atoms with Crippen molar-refractivity contribution in [3.63, 3.8) is 0 Å². The molecular formula is C37H44N8O6. The highest BCUT2D eigenvalue weighted by Gasteiger charge is 2.37. The van der Waals surface area contributed by atoms with Gasteiger partial charge in [0.1, 0.15) is 17.7 Å². The second-order valence-electron chi connectivity index (χ2n) is 13.0. The molecule has 0 bridgehead atoms. The number of aromatic nitrogens is 4. The molecule has 4 aromatic rings. The number of nitrogens with one attached hydrogen (secondary N) is 3. The van der Waals surface area contributed by atoms with Crippen LogP contribution in [0.1, 0.15) is 76.1 Å². The van der Waals surface area contributed by atoms with Crippen molar-refractivity contribution in [3.8, 4) is 33.6 Å². The number of nitrogens with two attached hydrogens (primary N) is 1. The molecule has 6 rings (SSSR count). The lowest BCUT2D eigenvalue weighted by Crippen LogP contribution is -2.46. The Kier molecular flexibility index (Phi) is 10.7. The molecular weight excluding hydrogens is 652 g/mol. The number of likely N-dealkylation sites (tertiary alicyclic amines) is 2. The van der Waals surface area contributed by atoms with E-state index in [1.165, 1.54) is 7.11 Å². The molecule has 5 N–H and O–H groups in total. The summed E-state index contributed by atoms with van der Waals surface area (Å²) in [5.74, 6) is 0.996. The molecule has 4 atom stereocenters. The number of hydrogen-bond donors (Lipinski definition) is 4. The van der Waals surface area contributed by atoms with Gasteiger partial charge in [0, 0.05) is 13.1 Å². The minimum atomic E-state index is -0.949. The van der Waals surface area contributed by atoms with Gasteiger partial charge in [-0.3, -0.25) is 9.59 Å². The Morgan fingerprint density at radius 3 is 1.75 bits per heavy atom. The lowest BCUT2D eigenvalue weighted by Gasteiger charge is -2.27. The molecule has 2 fully saturated rings. The van der Waals surface area contributed by atoms with Gasteiger partial charge in [-0.1, -0.05) is 61.9 Å². The summed E-state index contributed by atoms with van der Waals surface area (Å²) in [6.07, 6.45) is 5.40. The molecule has 0 radical (unpaired) electrons. The van der Waals surface area contributed by atoms with E-state index in [1.807, 2.05) is 31.2 Å². The Labute approximate surface area is 296 Å². The number of nitrogens with zero attached hydrogens (tertiary/aromatic N) is 4. The maximum absolute atomic E-state index is 13.3. The molecule has 0 aliphatic carbocycles. The molecule has 2 aromatic carbocycles. The van der Waals surface area contributed by atoms with Crippen LogP contribution in [0.3, 0.4) is 0 Å². The van der Waals surface area contributed by atoms with Crippen LogP contribution in [0.15, 0.2) is 60.9 Å². The Hall–Kier alpha value is -5.66. The number of primary amides is 1. The first kappa shape index (κ1) is 35.2. The quantitative estimate of drug-likeness (QED) is 0.159. The van der Waals surface area contributed by atoms with Crippen LogP contribution in [0.25, 0.3) is 33.6 Å². The van der Waals surface area contributed by atoms with Crippen LogP contribution in [-0.2, 0) is 19.1 Å². The van der Waals surface area contributed by atoms with Gasteiger partial charge < -0.3 is 40.3 Å². The molecule has 0 unspecified atom stereocenters. The van der Waals surface area contributed by atoms with Gasteiger partial charge in [-0.05, 0) is 61.3 Å². The van der Waals surface area contributed by atoms with Crippen LogP contribution in [0, 0.1) is 0 Å². The molecule has 0 saturated carbocycles. The van der Waals surface area contributed by atoms with Gasteiger partial charge >= 0.3 is 12.2 Å². The number of ether oxygens (including phenoxy) is 2. The summed E-state index contributed by atoms with van der Waals surface area (Å²) in [5.41, 5.74) is 11.0. The largest absolute Gasteiger partial charge is 0.453 e. The minimum absolute atomic E-state index is 0.175. The van der Waals surface area contributed by atoms with Crippen LogP contribution < -0.4 is 11.1 Å². The van der Waals surface area contributed by atoms with Crippen molar-refractivity contribution in [1.29, 1.82) is 0 Å². The number of benzene rings is 2. The van der Waals surface area contributed by atoms with Crippen LogP contribution >= 0.6 is 0 Å². The number of rotatable bonds is 11. The van der Waals surface area contributed by atoms with Crippen LogP contribution in [0.2, 0.25) is 0 Å². The normalized spacial score (nSPS) is 18.3. The van der Waals surface area contributed by atoms with Crippen molar-refractivity contribution in [2.45, 2.75) is 76.6 Å². The number of alkyl carbamates (subject to hydrolysis) is 1. The van der Waals surface area contributed by atoms with E-state index in [2.05, 4.69) is 54.3 Å². The van der Waals surface area contributed by atoms with E-state index in [9.17, 15) is 19.2 Å². The predicted octanol–water partition coefficient (Wildman–Crippen LogP) is 5.47. The fraction of sp³-hybridized carbons (Fsp3) is 0.405. The summed E-state index contributed by atoms with van der Waals surface area (Å²) < 4.78 is 9.77. The third kappa shape index (κ3) is 7.74. The monoisotopic (exact) mass is 696 g/mol. The Balaban J connectivity index is 1.10. The average molecular weight is 697 g/mol. The first-order chi connectivity index (χ1) is 24.7. The van der Waals surface area contributed by atoms with E-state index in [0.29, 0.717) is 37.6 Å². The number of hydrogen-bond acceptors (Lipinski definition) is 8. The lowest BCUT2D eigenvalue weighted by atomic mass is 10.0. The van der Waals surface area contributed by atoms with Gasteiger partial charge in [0.2, 0.25) is 5.91 Å². The lowest BCUT2D eigenvalue weighted by molar-refractivity contribution is -0.141. The molecule has 2 saturated heterocycles. The fourth-order valence-electron chi connectivity index (χ4n) is 6.99. The molecule has 268 valence electrons. The third-order valence-corrected chi connectivity index (χ3v) is 9.59. The summed E-state index contributed by atoms with van der Waals surface area (Å²) in [5, 5.41) is 2.55.